The van der Waals surface area contributed by atoms with Crippen LogP contribution in [0.4, 0.5) is 0 Å². The Kier molecular flexibility index (Phi) is 3.59. The molecular formula is C11H15N3O4. The smallest absolute Gasteiger partial charge is 0.323 e. The number of hydrogen-bond donors (Lipinski definition) is 2. The average molecular weight is 253 g/mol. The van der Waals surface area contributed by atoms with Crippen molar-refractivity contribution in [1.29, 1.82) is 0 Å². The van der Waals surface area contributed by atoms with E-state index in [0.29, 0.717) is 12.5 Å². The summed E-state index contributed by atoms with van der Waals surface area (Å²) in [5.41, 5.74) is 2.48. The van der Waals surface area contributed by atoms with Crippen LogP contribution < -0.4 is 5.43 Å². The Bertz CT molecular complexity index is 415. The maximum Gasteiger partial charge on any atom is 0.323 e. The lowest BCUT2D eigenvalue weighted by Gasteiger charge is -2.22. The second kappa shape index (κ2) is 5.16. The van der Waals surface area contributed by atoms with Crippen molar-refractivity contribution in [2.45, 2.75) is 25.7 Å². The molecule has 0 aromatic rings. The molecule has 0 atom stereocenters. The third-order valence-corrected chi connectivity index (χ3v) is 2.94. The highest BCUT2D eigenvalue weighted by atomic mass is 16.4. The number of amides is 2. The van der Waals surface area contributed by atoms with Gasteiger partial charge in [0.25, 0.3) is 5.91 Å². The molecule has 0 bridgehead atoms. The summed E-state index contributed by atoms with van der Waals surface area (Å²) in [6.45, 7) is 0.139. The Morgan fingerprint density at radius 3 is 2.61 bits per heavy atom. The molecule has 18 heavy (non-hydrogen) atoms. The number of hydrazone groups is 1. The SMILES string of the molecule is O=C(O)CN(CC1CC1)C(=O)C1=NNC(=O)CC1. The maximum atomic E-state index is 12.1. The predicted octanol–water partition coefficient (Wildman–Crippen LogP) is -0.424. The molecule has 98 valence electrons. The highest BCUT2D eigenvalue weighted by molar-refractivity contribution is 6.39. The number of carbonyl (C=O) groups is 3. The van der Waals surface area contributed by atoms with E-state index in [9.17, 15) is 14.4 Å². The van der Waals surface area contributed by atoms with Gasteiger partial charge in [-0.05, 0) is 18.8 Å². The third kappa shape index (κ3) is 3.28. The zero-order valence-electron chi connectivity index (χ0n) is 9.89. The van der Waals surface area contributed by atoms with Crippen LogP contribution in [-0.2, 0) is 14.4 Å². The molecule has 0 aromatic heterocycles. The molecule has 0 aromatic carbocycles. The fraction of sp³-hybridized carbons (Fsp3) is 0.636. The van der Waals surface area contributed by atoms with Crippen molar-refractivity contribution in [3.8, 4) is 0 Å². The number of rotatable bonds is 5. The maximum absolute atomic E-state index is 12.1. The van der Waals surface area contributed by atoms with Crippen LogP contribution in [0.3, 0.4) is 0 Å². The van der Waals surface area contributed by atoms with E-state index in [-0.39, 0.29) is 36.9 Å². The monoisotopic (exact) mass is 253 g/mol. The number of carbonyl (C=O) groups excluding carboxylic acids is 2. The minimum absolute atomic E-state index is 0.217. The van der Waals surface area contributed by atoms with Gasteiger partial charge < -0.3 is 10.0 Å². The number of nitrogens with zero attached hydrogens (tertiary/aromatic N) is 2. The van der Waals surface area contributed by atoms with Crippen LogP contribution in [0, 0.1) is 5.92 Å². The molecule has 2 rings (SSSR count). The summed E-state index contributed by atoms with van der Waals surface area (Å²) in [5, 5.41) is 12.5. The van der Waals surface area contributed by atoms with Crippen LogP contribution >= 0.6 is 0 Å². The molecule has 0 radical (unpaired) electrons. The first-order chi connectivity index (χ1) is 8.56. The number of aliphatic carboxylic acids is 1. The first-order valence-corrected chi connectivity index (χ1v) is 5.92. The minimum atomic E-state index is -1.04. The van der Waals surface area contributed by atoms with Crippen LogP contribution in [0.1, 0.15) is 25.7 Å². The van der Waals surface area contributed by atoms with Crippen molar-refractivity contribution in [2.24, 2.45) is 11.0 Å². The van der Waals surface area contributed by atoms with Crippen molar-refractivity contribution in [3.63, 3.8) is 0 Å². The Labute approximate surface area is 104 Å². The lowest BCUT2D eigenvalue weighted by atomic mass is 10.1. The van der Waals surface area contributed by atoms with Crippen LogP contribution in [0.25, 0.3) is 0 Å². The van der Waals surface area contributed by atoms with Gasteiger partial charge in [0.05, 0.1) is 0 Å². The van der Waals surface area contributed by atoms with Crippen LogP contribution in [0.5, 0.6) is 0 Å². The fourth-order valence-electron chi connectivity index (χ4n) is 1.81. The highest BCUT2D eigenvalue weighted by Crippen LogP contribution is 2.29. The first kappa shape index (κ1) is 12.5. The molecule has 1 fully saturated rings. The molecule has 7 nitrogen and oxygen atoms in total. The van der Waals surface area contributed by atoms with Crippen molar-refractivity contribution in [3.05, 3.63) is 0 Å². The zero-order chi connectivity index (χ0) is 13.1. The number of carboxylic acids is 1. The van der Waals surface area contributed by atoms with Crippen LogP contribution in [-0.4, -0.2) is 46.6 Å². The normalized spacial score (nSPS) is 18.9. The molecule has 0 saturated heterocycles. The largest absolute Gasteiger partial charge is 0.480 e. The molecule has 1 heterocycles. The molecule has 0 spiro atoms. The summed E-state index contributed by atoms with van der Waals surface area (Å²) < 4.78 is 0. The van der Waals surface area contributed by atoms with Crippen LogP contribution in [0.2, 0.25) is 0 Å². The summed E-state index contributed by atoms with van der Waals surface area (Å²) in [4.78, 5) is 35.1. The van der Waals surface area contributed by atoms with E-state index in [2.05, 4.69) is 10.5 Å². The Morgan fingerprint density at radius 1 is 1.39 bits per heavy atom. The van der Waals surface area contributed by atoms with E-state index in [1.165, 1.54) is 4.90 Å². The predicted molar refractivity (Wildman–Crippen MR) is 61.8 cm³/mol. The lowest BCUT2D eigenvalue weighted by Crippen LogP contribution is -2.43. The van der Waals surface area contributed by atoms with Crippen molar-refractivity contribution in [2.75, 3.05) is 13.1 Å². The number of hydrogen-bond acceptors (Lipinski definition) is 4. The van der Waals surface area contributed by atoms with E-state index >= 15 is 0 Å². The topological polar surface area (TPSA) is 99.1 Å². The van der Waals surface area contributed by atoms with Crippen molar-refractivity contribution < 1.29 is 19.5 Å². The van der Waals surface area contributed by atoms with Gasteiger partial charge in [0, 0.05) is 19.4 Å². The molecule has 7 heteroatoms. The molecule has 2 amide bonds. The third-order valence-electron chi connectivity index (χ3n) is 2.94. The molecule has 1 aliphatic carbocycles. The number of nitrogens with one attached hydrogen (secondary N) is 1. The quantitative estimate of drug-likeness (QED) is 0.694. The summed E-state index contributed by atoms with van der Waals surface area (Å²) >= 11 is 0. The van der Waals surface area contributed by atoms with E-state index in [1.54, 1.807) is 0 Å². The van der Waals surface area contributed by atoms with E-state index in [4.69, 9.17) is 5.11 Å². The zero-order valence-corrected chi connectivity index (χ0v) is 9.89. The summed E-state index contributed by atoms with van der Waals surface area (Å²) in [5.74, 6) is -1.24. The van der Waals surface area contributed by atoms with Gasteiger partial charge in [0.2, 0.25) is 5.91 Å². The number of carboxylic acid groups (broad SMARTS) is 1. The van der Waals surface area contributed by atoms with Gasteiger partial charge in [0.15, 0.2) is 0 Å². The Balaban J connectivity index is 2.01. The lowest BCUT2D eigenvalue weighted by molar-refractivity contribution is -0.142. The Hall–Kier alpha value is -1.92. The molecular weight excluding hydrogens is 238 g/mol. The van der Waals surface area contributed by atoms with Crippen molar-refractivity contribution in [1.82, 2.24) is 10.3 Å². The molecule has 1 saturated carbocycles. The van der Waals surface area contributed by atoms with Crippen LogP contribution in [0.15, 0.2) is 5.10 Å². The highest BCUT2D eigenvalue weighted by Gasteiger charge is 2.30. The summed E-state index contributed by atoms with van der Waals surface area (Å²) in [7, 11) is 0. The van der Waals surface area contributed by atoms with Gasteiger partial charge >= 0.3 is 5.97 Å². The van der Waals surface area contributed by atoms with Crippen molar-refractivity contribution >= 4 is 23.5 Å². The summed E-state index contributed by atoms with van der Waals surface area (Å²) in [6.07, 6.45) is 2.56. The van der Waals surface area contributed by atoms with E-state index < -0.39 is 5.97 Å². The van der Waals surface area contributed by atoms with Gasteiger partial charge in [-0.15, -0.1) is 0 Å². The van der Waals surface area contributed by atoms with E-state index in [1.807, 2.05) is 0 Å². The van der Waals surface area contributed by atoms with Gasteiger partial charge in [-0.25, -0.2) is 5.43 Å². The van der Waals surface area contributed by atoms with E-state index in [0.717, 1.165) is 12.8 Å². The van der Waals surface area contributed by atoms with Gasteiger partial charge in [0.1, 0.15) is 12.3 Å². The average Bonchev–Trinajstić information content (AvgIpc) is 3.12. The van der Waals surface area contributed by atoms with Gasteiger partial charge in [-0.2, -0.15) is 5.10 Å². The first-order valence-electron chi connectivity index (χ1n) is 5.92. The second-order valence-electron chi connectivity index (χ2n) is 4.62. The summed E-state index contributed by atoms with van der Waals surface area (Å²) in [6, 6.07) is 0. The molecule has 1 aliphatic heterocycles. The fourth-order valence-corrected chi connectivity index (χ4v) is 1.81. The Morgan fingerprint density at radius 2 is 2.11 bits per heavy atom. The second-order valence-corrected chi connectivity index (χ2v) is 4.62. The molecule has 2 N–H and O–H groups in total. The molecule has 0 unspecified atom stereocenters. The van der Waals surface area contributed by atoms with Gasteiger partial charge in [-0.1, -0.05) is 0 Å². The minimum Gasteiger partial charge on any atom is -0.480 e. The van der Waals surface area contributed by atoms with Gasteiger partial charge in [-0.3, -0.25) is 14.4 Å². The standard InChI is InChI=1S/C11H15N3O4/c15-9-4-3-8(12-13-9)11(18)14(6-10(16)17)5-7-1-2-7/h7H,1-6H2,(H,13,15)(H,16,17). The molecule has 2 aliphatic rings.